The largest absolute Gasteiger partial charge is 0.480 e. The summed E-state index contributed by atoms with van der Waals surface area (Å²) in [6, 6.07) is 8.55. The molecular formula is C98H131N19O20. The standard InChI is InChI=1S/C98H131N19O20/c1-57-16-12-11-13-17-58(2)77(129-7)46-70-24-19-62(6)98(128,137-70)87(121)91(123)116-29-15-14-18-73(116)93(126)134-79(47-78(130-8)59(3)41-61(5)85(120)86(132-10)84(119)60(4)40-57)71(99)43-63-21-25-76(80(44-63)131-9)136-97(127)106-50-65-48-102-96(103-49-65)114-35-36-115(74(55-114)92(124)125)81(118)28-38-133-39-37-111-31-33-112(34-32-111)95-104-51-69(52-105-95)90(122)113-30-27-66-42-64(20-22-68(66)54-113)53-117-89-82(88(100)107-56-108-89)83(110-117)67-23-26-75-72(45-67)109-94(101)135-75/h11-13,16-17,20,22-23,26,41-42,45,48-49,51-52,56-57,59-60,62-63,70-71,73-74,76-80,85-86,120,128H,14-15,18-19,21,24-25,27-40,43-44,46-47,50,53-55,99H2,1-10H3,(H2,101,109)(H,106,127)(H,124,125)(H2,100,107,108)/b13-11+,16-12+,58-17+,61-41+/t57-,59-,60-,62-,63+,70+,71-,73+,74-,76-,77+,78-,79+,80-,85-,86+,98-/m1/s1. The molecule has 1 saturated carbocycles. The van der Waals surface area contributed by atoms with Gasteiger partial charge >= 0.3 is 18.0 Å². The second-order valence-corrected chi connectivity index (χ2v) is 37.4. The van der Waals surface area contributed by atoms with Crippen molar-refractivity contribution >= 4 is 93.2 Å². The number of cyclic esters (lactones) is 1. The Morgan fingerprint density at radius 2 is 1.48 bits per heavy atom. The molecule has 6 aliphatic heterocycles. The molecule has 5 aromatic heterocycles. The highest BCUT2D eigenvalue weighted by Crippen LogP contribution is 2.40. The zero-order chi connectivity index (χ0) is 97.5. The van der Waals surface area contributed by atoms with Gasteiger partial charge in [-0.1, -0.05) is 82.4 Å². The number of amides is 4. The van der Waals surface area contributed by atoms with Crippen molar-refractivity contribution in [2.24, 2.45) is 35.3 Å². The first-order valence-corrected chi connectivity index (χ1v) is 47.6. The van der Waals surface area contributed by atoms with Gasteiger partial charge in [0.25, 0.3) is 23.6 Å². The van der Waals surface area contributed by atoms with E-state index in [9.17, 15) is 53.7 Å². The topological polar surface area (TPSA) is 502 Å². The third-order valence-electron chi connectivity index (χ3n) is 28.0. The number of nitrogens with one attached hydrogen (secondary N) is 1. The summed E-state index contributed by atoms with van der Waals surface area (Å²) in [5.74, 6) is -8.29. The maximum absolute atomic E-state index is 15.0. The van der Waals surface area contributed by atoms with E-state index < -0.39 is 120 Å². The number of anilines is 4. The molecule has 0 unspecified atom stereocenters. The second-order valence-electron chi connectivity index (χ2n) is 37.4. The molecule has 1 aliphatic carbocycles. The van der Waals surface area contributed by atoms with Crippen molar-refractivity contribution < 1.29 is 96.0 Å². The number of esters is 1. The van der Waals surface area contributed by atoms with E-state index in [-0.39, 0.29) is 106 Å². The molecule has 738 valence electrons. The summed E-state index contributed by atoms with van der Waals surface area (Å²) < 4.78 is 55.7. The number of methoxy groups -OCH3 is 4. The van der Waals surface area contributed by atoms with Gasteiger partial charge in [-0.15, -0.1) is 0 Å². The van der Waals surface area contributed by atoms with Crippen LogP contribution in [0.1, 0.15) is 158 Å². The van der Waals surface area contributed by atoms with Gasteiger partial charge in [0.2, 0.25) is 23.6 Å². The molecule has 39 nitrogen and oxygen atoms in total. The summed E-state index contributed by atoms with van der Waals surface area (Å²) in [6.45, 7) is 16.4. The van der Waals surface area contributed by atoms with Gasteiger partial charge in [0.1, 0.15) is 59.9 Å². The molecule has 4 amide bonds. The minimum atomic E-state index is -2.50. The van der Waals surface area contributed by atoms with Crippen LogP contribution < -0.4 is 32.3 Å². The van der Waals surface area contributed by atoms with Gasteiger partial charge in [-0.25, -0.2) is 49.0 Å². The zero-order valence-electron chi connectivity index (χ0n) is 79.8. The Kier molecular flexibility index (Phi) is 34.1. The van der Waals surface area contributed by atoms with Crippen LogP contribution in [0.25, 0.3) is 33.4 Å². The Hall–Kier alpha value is -11.7. The van der Waals surface area contributed by atoms with Crippen molar-refractivity contribution in [3.63, 3.8) is 0 Å². The van der Waals surface area contributed by atoms with Gasteiger partial charge in [-0.2, -0.15) is 10.1 Å². The van der Waals surface area contributed by atoms with Crippen LogP contribution in [0.4, 0.5) is 28.5 Å². The summed E-state index contributed by atoms with van der Waals surface area (Å²) in [5.41, 5.74) is 28.0. The number of piperidine rings is 1. The third-order valence-corrected chi connectivity index (χ3v) is 28.0. The molecule has 17 atom stereocenters. The summed E-state index contributed by atoms with van der Waals surface area (Å²) in [7, 11) is 5.99. The number of aliphatic hydroxyl groups excluding tert-OH is 1. The number of ketones is 2. The Balaban J connectivity index is 0.515. The molecule has 14 rings (SSSR count). The van der Waals surface area contributed by atoms with Crippen molar-refractivity contribution in [2.75, 3.05) is 128 Å². The summed E-state index contributed by atoms with van der Waals surface area (Å²) in [4.78, 5) is 154. The molecule has 0 radical (unpaired) electrons. The number of hydrogen-bond donors (Lipinski definition) is 7. The minimum Gasteiger partial charge on any atom is -0.480 e. The highest BCUT2D eigenvalue weighted by Gasteiger charge is 2.54. The van der Waals surface area contributed by atoms with Crippen LogP contribution >= 0.6 is 0 Å². The predicted octanol–water partition coefficient (Wildman–Crippen LogP) is 7.52. The molecule has 39 heteroatoms. The number of carbonyl (C=O) groups is 8. The lowest BCUT2D eigenvalue weighted by molar-refractivity contribution is -0.265. The third kappa shape index (κ3) is 24.5. The maximum Gasteiger partial charge on any atom is 0.407 e. The fourth-order valence-electron chi connectivity index (χ4n) is 19.9. The number of aliphatic carboxylic acids is 1. The van der Waals surface area contributed by atoms with Crippen molar-refractivity contribution in [3.8, 4) is 11.3 Å². The number of carboxylic acids is 1. The van der Waals surface area contributed by atoms with E-state index >= 15 is 0 Å². The predicted molar refractivity (Wildman–Crippen MR) is 505 cm³/mol. The smallest absolute Gasteiger partial charge is 0.407 e. The number of nitrogens with two attached hydrogens (primary N) is 3. The average Bonchev–Trinajstić information content (AvgIpc) is 1.20. The second kappa shape index (κ2) is 46.2. The first kappa shape index (κ1) is 101. The van der Waals surface area contributed by atoms with E-state index in [1.807, 2.05) is 85.9 Å². The van der Waals surface area contributed by atoms with E-state index in [2.05, 4.69) is 62.1 Å². The van der Waals surface area contributed by atoms with Crippen molar-refractivity contribution in [2.45, 2.75) is 224 Å². The number of piperazine rings is 2. The molecule has 11 heterocycles. The Bertz CT molecular complexity index is 5530. The van der Waals surface area contributed by atoms with Crippen molar-refractivity contribution in [3.05, 3.63) is 143 Å². The quantitative estimate of drug-likeness (QED) is 0.0141. The van der Waals surface area contributed by atoms with Gasteiger partial charge in [-0.3, -0.25) is 28.9 Å². The van der Waals surface area contributed by atoms with Gasteiger partial charge < -0.3 is 105 Å². The van der Waals surface area contributed by atoms with E-state index in [1.165, 1.54) is 49.9 Å². The number of allylic oxidation sites excluding steroid dienone is 5. The van der Waals surface area contributed by atoms with Crippen LogP contribution in [-0.2, 0) is 92.7 Å². The Labute approximate surface area is 796 Å². The van der Waals surface area contributed by atoms with E-state index in [4.69, 9.17) is 64.6 Å². The number of Topliss-reactive ketones (excluding diaryl/α,β-unsaturated/α-hetero) is 2. The maximum atomic E-state index is 15.0. The fraction of sp³-hybridized carbons (Fsp3) is 0.571. The fourth-order valence-corrected chi connectivity index (χ4v) is 19.9. The molecule has 7 aromatic rings. The number of carboxylic acid groups (broad SMARTS) is 1. The van der Waals surface area contributed by atoms with Gasteiger partial charge in [-0.05, 0) is 142 Å². The van der Waals surface area contributed by atoms with E-state index in [0.29, 0.717) is 179 Å². The van der Waals surface area contributed by atoms with Crippen LogP contribution in [0, 0.1) is 29.6 Å². The number of aliphatic hydroxyl groups is 2. The highest BCUT2D eigenvalue weighted by molar-refractivity contribution is 6.39. The number of aromatic nitrogens is 9. The van der Waals surface area contributed by atoms with E-state index in [0.717, 1.165) is 27.8 Å². The number of benzene rings is 2. The average molecular weight is 1900 g/mol. The normalized spacial score (nSPS) is 28.4. The van der Waals surface area contributed by atoms with Gasteiger partial charge in [0.05, 0.1) is 68.1 Å². The van der Waals surface area contributed by atoms with Crippen LogP contribution in [0.5, 0.6) is 0 Å². The highest BCUT2D eigenvalue weighted by atomic mass is 16.6. The van der Waals surface area contributed by atoms with Gasteiger partial charge in [0, 0.05) is 173 Å². The van der Waals surface area contributed by atoms with Crippen LogP contribution in [0.2, 0.25) is 0 Å². The molecule has 4 saturated heterocycles. The number of carbonyl (C=O) groups excluding carboxylic acids is 7. The molecule has 0 spiro atoms. The lowest BCUT2D eigenvalue weighted by Crippen LogP contribution is -2.61. The number of fused-ring (bicyclic) bond motifs is 6. The molecule has 10 N–H and O–H groups in total. The number of alkyl carbamates (subject to hydrolysis) is 1. The van der Waals surface area contributed by atoms with Gasteiger partial charge in [0.15, 0.2) is 17.0 Å². The lowest BCUT2D eigenvalue weighted by Gasteiger charge is -2.43. The van der Waals surface area contributed by atoms with Crippen LogP contribution in [0.3, 0.4) is 0 Å². The summed E-state index contributed by atoms with van der Waals surface area (Å²) in [6.07, 6.45) is 16.7. The van der Waals surface area contributed by atoms with Crippen LogP contribution in [0.15, 0.2) is 120 Å². The summed E-state index contributed by atoms with van der Waals surface area (Å²) in [5, 5.41) is 42.8. The summed E-state index contributed by atoms with van der Waals surface area (Å²) >= 11 is 0. The van der Waals surface area contributed by atoms with Crippen molar-refractivity contribution in [1.29, 1.82) is 0 Å². The number of hydrogen-bond acceptors (Lipinski definition) is 33. The monoisotopic (exact) mass is 1890 g/mol. The zero-order valence-corrected chi connectivity index (χ0v) is 79.8. The number of nitrogen functional groups attached to an aromatic ring is 2. The SMILES string of the molecule is CO[C@H]1C[C@@H]2CC[C@@H](C)[C@@](O)(O2)C(=O)C(=O)N2CCCC[C@H]2C(=O)O[C@H]([C@H](N)C[C@@H]2CC[C@@H](OC(=O)NCc3cnc(N4CCN(C(=O)CCOCCN5CCN(c6ncc(C(=O)N7CCc8cc(Cn9nc(-c%10ccc%11oc(N)nc%11c%10)c%10c(N)ncnc%109)ccc8C7)cn6)CC5)[C@@H](C(=O)O)C4)nc3)[C@H](OC)C2)C[C@@H](OC)[C@H](C)/C=C(\C)[C@@H](O)[C@@H](OC)C(=O)[C@H](C)C[C@H](C)/C=C/C=C/C=C/1C. The van der Waals surface area contributed by atoms with Crippen LogP contribution in [-0.4, -0.2) is 307 Å². The van der Waals surface area contributed by atoms with E-state index in [1.54, 1.807) is 50.4 Å². The first-order chi connectivity index (χ1) is 65.9. The van der Waals surface area contributed by atoms with Crippen molar-refractivity contribution in [1.82, 2.24) is 69.6 Å². The molecule has 5 fully saturated rings. The number of oxazole rings is 1. The first-order valence-electron chi connectivity index (χ1n) is 47.6. The molecule has 2 bridgehead atoms. The number of nitrogens with zero attached hydrogens (tertiary/aromatic N) is 15. The molecular weight excluding hydrogens is 1760 g/mol. The number of rotatable bonds is 23. The molecule has 7 aliphatic rings. The molecule has 2 aromatic carbocycles. The minimum absolute atomic E-state index is 0.0145. The molecule has 137 heavy (non-hydrogen) atoms. The number of ether oxygens (including phenoxy) is 8. The Morgan fingerprint density at radius 1 is 0.730 bits per heavy atom. The lowest BCUT2D eigenvalue weighted by atomic mass is 9.80. The Morgan fingerprint density at radius 3 is 2.23 bits per heavy atom.